The molecule has 3 heteroatoms. The van der Waals surface area contributed by atoms with Gasteiger partial charge in [0.2, 0.25) is 0 Å². The van der Waals surface area contributed by atoms with Gasteiger partial charge in [-0.05, 0) is 26.7 Å². The van der Waals surface area contributed by atoms with Crippen LogP contribution in [0, 0.1) is 17.3 Å². The summed E-state index contributed by atoms with van der Waals surface area (Å²) in [6, 6.07) is 0. The Morgan fingerprint density at radius 2 is 1.44 bits per heavy atom. The smallest absolute Gasteiger partial charge is 0.309 e. The minimum absolute atomic E-state index is 0.00609. The molecule has 0 saturated heterocycles. The summed E-state index contributed by atoms with van der Waals surface area (Å²) >= 11 is 0. The highest BCUT2D eigenvalue weighted by atomic mass is 16.6. The summed E-state index contributed by atoms with van der Waals surface area (Å²) in [6.07, 6.45) is 0.421. The van der Waals surface area contributed by atoms with Crippen molar-refractivity contribution in [1.82, 2.24) is 0 Å². The normalized spacial score (nSPS) is 16.0. The molecule has 18 heavy (non-hydrogen) atoms. The summed E-state index contributed by atoms with van der Waals surface area (Å²) in [5.74, 6) is -0.288. The zero-order chi connectivity index (χ0) is 14.7. The molecule has 0 rings (SSSR count). The quantitative estimate of drug-likeness (QED) is 0.722. The first-order chi connectivity index (χ1) is 7.84. The fourth-order valence-electron chi connectivity index (χ4n) is 1.40. The van der Waals surface area contributed by atoms with Gasteiger partial charge in [0.15, 0.2) is 0 Å². The average Bonchev–Trinajstić information content (AvgIpc) is 2.11. The molecule has 0 aromatic rings. The molecule has 0 saturated carbocycles. The van der Waals surface area contributed by atoms with E-state index in [0.29, 0.717) is 6.42 Å². The maximum absolute atomic E-state index is 11.9. The van der Waals surface area contributed by atoms with E-state index in [1.807, 2.05) is 55.4 Å². The van der Waals surface area contributed by atoms with Crippen LogP contribution in [-0.4, -0.2) is 17.4 Å². The average molecular weight is 256 g/mol. The van der Waals surface area contributed by atoms with Crippen molar-refractivity contribution >= 4 is 11.8 Å². The van der Waals surface area contributed by atoms with Gasteiger partial charge in [0.05, 0.1) is 5.92 Å². The molecule has 0 aromatic carbocycles. The third kappa shape index (κ3) is 6.18. The van der Waals surface area contributed by atoms with Gasteiger partial charge >= 0.3 is 5.97 Å². The van der Waals surface area contributed by atoms with Crippen LogP contribution in [0.1, 0.15) is 61.8 Å². The molecule has 0 radical (unpaired) electrons. The van der Waals surface area contributed by atoms with E-state index < -0.39 is 5.60 Å². The fraction of sp³-hybridized carbons (Fsp3) is 0.867. The van der Waals surface area contributed by atoms with E-state index in [0.717, 1.165) is 0 Å². The number of rotatable bonds is 4. The van der Waals surface area contributed by atoms with Crippen LogP contribution in [0.2, 0.25) is 0 Å². The van der Waals surface area contributed by atoms with Crippen LogP contribution in [0.5, 0.6) is 0 Å². The highest BCUT2D eigenvalue weighted by Gasteiger charge is 2.30. The Bertz CT molecular complexity index is 305. The first kappa shape index (κ1) is 17.1. The van der Waals surface area contributed by atoms with Crippen molar-refractivity contribution in [2.24, 2.45) is 17.3 Å². The predicted octanol–water partition coefficient (Wildman–Crippen LogP) is 3.61. The second-order valence-electron chi connectivity index (χ2n) is 7.18. The zero-order valence-corrected chi connectivity index (χ0v) is 13.1. The van der Waals surface area contributed by atoms with Crippen LogP contribution < -0.4 is 0 Å². The molecule has 3 nitrogen and oxygen atoms in total. The molecule has 0 aliphatic heterocycles. The van der Waals surface area contributed by atoms with Gasteiger partial charge in [0.25, 0.3) is 0 Å². The standard InChI is InChI=1S/C15H28O3/c1-10(9-12(16)14(3,4)5)11(2)13(17)18-15(6,7)8/h10-11H,9H2,1-8H3. The minimum Gasteiger partial charge on any atom is -0.460 e. The molecule has 0 N–H and O–H groups in total. The Kier molecular flexibility index (Phi) is 5.57. The number of ketones is 1. The fourth-order valence-corrected chi connectivity index (χ4v) is 1.40. The molecule has 0 bridgehead atoms. The van der Waals surface area contributed by atoms with E-state index >= 15 is 0 Å². The van der Waals surface area contributed by atoms with Crippen molar-refractivity contribution < 1.29 is 14.3 Å². The first-order valence-electron chi connectivity index (χ1n) is 6.61. The summed E-state index contributed by atoms with van der Waals surface area (Å²) in [7, 11) is 0. The lowest BCUT2D eigenvalue weighted by Crippen LogP contribution is -2.32. The number of esters is 1. The van der Waals surface area contributed by atoms with Gasteiger partial charge < -0.3 is 4.74 Å². The lowest BCUT2D eigenvalue weighted by atomic mass is 9.82. The maximum atomic E-state index is 11.9. The zero-order valence-electron chi connectivity index (χ0n) is 13.1. The van der Waals surface area contributed by atoms with Gasteiger partial charge in [-0.15, -0.1) is 0 Å². The molecule has 0 aliphatic rings. The monoisotopic (exact) mass is 256 g/mol. The molecule has 0 aromatic heterocycles. The molecule has 0 aliphatic carbocycles. The summed E-state index contributed by atoms with van der Waals surface area (Å²) in [6.45, 7) is 15.0. The lowest BCUT2D eigenvalue weighted by molar-refractivity contribution is -0.161. The highest BCUT2D eigenvalue weighted by molar-refractivity contribution is 5.84. The maximum Gasteiger partial charge on any atom is 0.309 e. The molecular formula is C15H28O3. The Hall–Kier alpha value is -0.860. The van der Waals surface area contributed by atoms with Crippen molar-refractivity contribution in [2.45, 2.75) is 67.4 Å². The number of carbonyl (C=O) groups is 2. The molecule has 2 atom stereocenters. The summed E-state index contributed by atoms with van der Waals surface area (Å²) < 4.78 is 5.34. The van der Waals surface area contributed by atoms with E-state index in [1.165, 1.54) is 0 Å². The molecule has 0 heterocycles. The minimum atomic E-state index is -0.473. The van der Waals surface area contributed by atoms with Gasteiger partial charge in [0.1, 0.15) is 11.4 Å². The van der Waals surface area contributed by atoms with E-state index in [-0.39, 0.29) is 29.0 Å². The largest absolute Gasteiger partial charge is 0.460 e. The van der Waals surface area contributed by atoms with E-state index in [1.54, 1.807) is 0 Å². The molecule has 106 valence electrons. The van der Waals surface area contributed by atoms with Crippen molar-refractivity contribution in [2.75, 3.05) is 0 Å². The van der Waals surface area contributed by atoms with Crippen LogP contribution in [0.3, 0.4) is 0 Å². The Morgan fingerprint density at radius 1 is 1.00 bits per heavy atom. The third-order valence-corrected chi connectivity index (χ3v) is 2.98. The summed E-state index contributed by atoms with van der Waals surface area (Å²) in [5, 5.41) is 0. The first-order valence-corrected chi connectivity index (χ1v) is 6.61. The molecule has 0 amide bonds. The summed E-state index contributed by atoms with van der Waals surface area (Å²) in [4.78, 5) is 23.8. The highest BCUT2D eigenvalue weighted by Crippen LogP contribution is 2.25. The van der Waals surface area contributed by atoms with E-state index in [4.69, 9.17) is 4.74 Å². The number of Topliss-reactive ketones (excluding diaryl/α,β-unsaturated/α-hetero) is 1. The number of ether oxygens (including phenoxy) is 1. The van der Waals surface area contributed by atoms with E-state index in [2.05, 4.69) is 0 Å². The van der Waals surface area contributed by atoms with Crippen molar-refractivity contribution in [3.63, 3.8) is 0 Å². The van der Waals surface area contributed by atoms with Crippen LogP contribution >= 0.6 is 0 Å². The van der Waals surface area contributed by atoms with Gasteiger partial charge in [-0.3, -0.25) is 9.59 Å². The number of hydrogen-bond donors (Lipinski definition) is 0. The van der Waals surface area contributed by atoms with E-state index in [9.17, 15) is 9.59 Å². The van der Waals surface area contributed by atoms with Crippen molar-refractivity contribution in [3.05, 3.63) is 0 Å². The number of hydrogen-bond acceptors (Lipinski definition) is 3. The van der Waals surface area contributed by atoms with Crippen LogP contribution in [-0.2, 0) is 14.3 Å². The van der Waals surface area contributed by atoms with Crippen LogP contribution in [0.15, 0.2) is 0 Å². The van der Waals surface area contributed by atoms with Crippen LogP contribution in [0.4, 0.5) is 0 Å². The van der Waals surface area contributed by atoms with Crippen molar-refractivity contribution in [1.29, 1.82) is 0 Å². The van der Waals surface area contributed by atoms with Gasteiger partial charge in [-0.2, -0.15) is 0 Å². The lowest BCUT2D eigenvalue weighted by Gasteiger charge is -2.26. The molecular weight excluding hydrogens is 228 g/mol. The van der Waals surface area contributed by atoms with Gasteiger partial charge in [-0.25, -0.2) is 0 Å². The van der Waals surface area contributed by atoms with Crippen LogP contribution in [0.25, 0.3) is 0 Å². The topological polar surface area (TPSA) is 43.4 Å². The molecule has 2 unspecified atom stereocenters. The second kappa shape index (κ2) is 5.85. The molecule has 0 spiro atoms. The summed E-state index contributed by atoms with van der Waals surface area (Å²) in [5.41, 5.74) is -0.818. The molecule has 0 fully saturated rings. The third-order valence-electron chi connectivity index (χ3n) is 2.98. The SMILES string of the molecule is CC(CC(=O)C(C)(C)C)C(C)C(=O)OC(C)(C)C. The van der Waals surface area contributed by atoms with Crippen molar-refractivity contribution in [3.8, 4) is 0 Å². The van der Waals surface area contributed by atoms with Gasteiger partial charge in [-0.1, -0.05) is 34.6 Å². The number of carbonyl (C=O) groups excluding carboxylic acids is 2. The Balaban J connectivity index is 4.48. The Morgan fingerprint density at radius 3 is 1.78 bits per heavy atom. The predicted molar refractivity (Wildman–Crippen MR) is 73.3 cm³/mol. The Labute approximate surface area is 111 Å². The van der Waals surface area contributed by atoms with Gasteiger partial charge in [0, 0.05) is 11.8 Å². The second-order valence-corrected chi connectivity index (χ2v) is 7.18.